The third-order valence-corrected chi connectivity index (χ3v) is 4.82. The molecule has 0 radical (unpaired) electrons. The van der Waals surface area contributed by atoms with E-state index >= 15 is 0 Å². The van der Waals surface area contributed by atoms with Gasteiger partial charge in [-0.25, -0.2) is 4.39 Å². The minimum Gasteiger partial charge on any atom is -0.316 e. The lowest BCUT2D eigenvalue weighted by atomic mass is 9.83. The number of halogens is 2. The van der Waals surface area contributed by atoms with Gasteiger partial charge in [-0.3, -0.25) is 0 Å². The number of likely N-dealkylation sites (N-methyl/N-ethyl adjacent to an activating group) is 1. The van der Waals surface area contributed by atoms with Crippen LogP contribution in [0.15, 0.2) is 18.2 Å². The third kappa shape index (κ3) is 4.46. The van der Waals surface area contributed by atoms with Gasteiger partial charge >= 0.3 is 0 Å². The van der Waals surface area contributed by atoms with Crippen LogP contribution in [-0.2, 0) is 6.42 Å². The fourth-order valence-corrected chi connectivity index (χ4v) is 3.52. The molecule has 3 heteroatoms. The first kappa shape index (κ1) is 15.8. The normalized spacial score (nSPS) is 19.4. The highest BCUT2D eigenvalue weighted by Crippen LogP contribution is 2.27. The van der Waals surface area contributed by atoms with Gasteiger partial charge in [-0.15, -0.1) is 0 Å². The smallest absolute Gasteiger partial charge is 0.141 e. The van der Waals surface area contributed by atoms with Crippen molar-refractivity contribution in [3.8, 4) is 0 Å². The summed E-state index contributed by atoms with van der Waals surface area (Å²) in [5.41, 5.74) is 1.12. The second-order valence-corrected chi connectivity index (χ2v) is 6.36. The lowest BCUT2D eigenvalue weighted by molar-refractivity contribution is 0.294. The first-order valence-corrected chi connectivity index (χ1v) is 8.19. The summed E-state index contributed by atoms with van der Waals surface area (Å²) in [4.78, 5) is 0. The van der Waals surface area contributed by atoms with Crippen LogP contribution in [0, 0.1) is 11.7 Å². The van der Waals surface area contributed by atoms with Crippen molar-refractivity contribution in [2.45, 2.75) is 57.4 Å². The molecule has 0 aromatic heterocycles. The summed E-state index contributed by atoms with van der Waals surface area (Å²) < 4.78 is 13.2. The Balaban J connectivity index is 2.00. The van der Waals surface area contributed by atoms with Gasteiger partial charge in [0.2, 0.25) is 0 Å². The lowest BCUT2D eigenvalue weighted by Crippen LogP contribution is -2.36. The predicted molar refractivity (Wildman–Crippen MR) is 83.8 cm³/mol. The number of hydrogen-bond acceptors (Lipinski definition) is 1. The molecule has 0 spiro atoms. The monoisotopic (exact) mass is 297 g/mol. The van der Waals surface area contributed by atoms with E-state index in [-0.39, 0.29) is 10.8 Å². The average molecular weight is 298 g/mol. The van der Waals surface area contributed by atoms with E-state index in [4.69, 9.17) is 11.6 Å². The number of hydrogen-bond donors (Lipinski definition) is 1. The zero-order chi connectivity index (χ0) is 14.4. The summed E-state index contributed by atoms with van der Waals surface area (Å²) in [5.74, 6) is 0.395. The Morgan fingerprint density at radius 3 is 2.45 bits per heavy atom. The second kappa shape index (κ2) is 7.99. The Hall–Kier alpha value is -0.600. The van der Waals surface area contributed by atoms with Crippen molar-refractivity contribution >= 4 is 11.6 Å². The quantitative estimate of drug-likeness (QED) is 0.827. The molecule has 1 atom stereocenters. The summed E-state index contributed by atoms with van der Waals surface area (Å²) in [5, 5.41) is 3.70. The van der Waals surface area contributed by atoms with Gasteiger partial charge in [-0.2, -0.15) is 0 Å². The van der Waals surface area contributed by atoms with Crippen LogP contribution in [0.2, 0.25) is 5.02 Å². The van der Waals surface area contributed by atoms with Crippen LogP contribution >= 0.6 is 11.6 Å². The molecule has 1 saturated carbocycles. The van der Waals surface area contributed by atoms with Gasteiger partial charge in [-0.1, -0.05) is 49.8 Å². The van der Waals surface area contributed by atoms with Crippen molar-refractivity contribution in [2.24, 2.45) is 5.92 Å². The molecule has 1 unspecified atom stereocenters. The van der Waals surface area contributed by atoms with E-state index in [1.807, 2.05) is 13.1 Å². The van der Waals surface area contributed by atoms with Crippen LogP contribution in [0.1, 0.15) is 50.5 Å². The maximum absolute atomic E-state index is 13.2. The Kier molecular flexibility index (Phi) is 6.31. The van der Waals surface area contributed by atoms with E-state index in [2.05, 4.69) is 5.32 Å². The molecule has 112 valence electrons. The third-order valence-electron chi connectivity index (χ3n) is 4.53. The molecule has 1 aromatic carbocycles. The van der Waals surface area contributed by atoms with Crippen molar-refractivity contribution in [1.82, 2.24) is 5.32 Å². The zero-order valence-electron chi connectivity index (χ0n) is 12.3. The molecule has 0 bridgehead atoms. The molecule has 1 fully saturated rings. The van der Waals surface area contributed by atoms with Gasteiger partial charge in [0.05, 0.1) is 5.02 Å². The zero-order valence-corrected chi connectivity index (χ0v) is 13.1. The van der Waals surface area contributed by atoms with E-state index in [0.29, 0.717) is 6.04 Å². The highest BCUT2D eigenvalue weighted by atomic mass is 35.5. The van der Waals surface area contributed by atoms with Gasteiger partial charge < -0.3 is 5.32 Å². The molecule has 0 heterocycles. The van der Waals surface area contributed by atoms with E-state index in [1.54, 1.807) is 6.07 Å². The molecule has 1 aliphatic carbocycles. The van der Waals surface area contributed by atoms with E-state index < -0.39 is 0 Å². The maximum Gasteiger partial charge on any atom is 0.141 e. The lowest BCUT2D eigenvalue weighted by Gasteiger charge is -2.28. The summed E-state index contributed by atoms with van der Waals surface area (Å²) in [6.45, 7) is 0. The molecule has 1 aromatic rings. The summed E-state index contributed by atoms with van der Waals surface area (Å²) >= 11 is 5.88. The van der Waals surface area contributed by atoms with Crippen LogP contribution < -0.4 is 5.32 Å². The van der Waals surface area contributed by atoms with Crippen LogP contribution in [0.3, 0.4) is 0 Å². The Morgan fingerprint density at radius 1 is 1.20 bits per heavy atom. The van der Waals surface area contributed by atoms with Crippen LogP contribution in [-0.4, -0.2) is 13.1 Å². The molecule has 0 saturated heterocycles. The van der Waals surface area contributed by atoms with Gasteiger partial charge in [0.15, 0.2) is 0 Å². The van der Waals surface area contributed by atoms with Crippen LogP contribution in [0.4, 0.5) is 4.39 Å². The predicted octanol–water partition coefficient (Wildman–Crippen LogP) is 4.97. The van der Waals surface area contributed by atoms with Crippen LogP contribution in [0.5, 0.6) is 0 Å². The average Bonchev–Trinajstić information content (AvgIpc) is 2.40. The summed E-state index contributed by atoms with van der Waals surface area (Å²) in [6.07, 6.45) is 10.4. The van der Waals surface area contributed by atoms with Crippen molar-refractivity contribution in [3.63, 3.8) is 0 Å². The first-order valence-electron chi connectivity index (χ1n) is 7.82. The molecule has 0 aliphatic heterocycles. The minimum absolute atomic E-state index is 0.231. The molecule has 1 nitrogen and oxygen atoms in total. The topological polar surface area (TPSA) is 12.0 Å². The molecular weight excluding hydrogens is 273 g/mol. The summed E-state index contributed by atoms with van der Waals surface area (Å²) in [7, 11) is 2.04. The van der Waals surface area contributed by atoms with Crippen molar-refractivity contribution in [3.05, 3.63) is 34.6 Å². The molecule has 1 N–H and O–H groups in total. The Bertz CT molecular complexity index is 413. The molecule has 0 amide bonds. The highest BCUT2D eigenvalue weighted by Gasteiger charge is 2.21. The number of nitrogens with one attached hydrogen (secondary N) is 1. The van der Waals surface area contributed by atoms with E-state index in [9.17, 15) is 4.39 Å². The fraction of sp³-hybridized carbons (Fsp3) is 0.647. The highest BCUT2D eigenvalue weighted by molar-refractivity contribution is 6.30. The van der Waals surface area contributed by atoms with Crippen molar-refractivity contribution in [1.29, 1.82) is 0 Å². The van der Waals surface area contributed by atoms with Gasteiger partial charge in [0, 0.05) is 6.04 Å². The minimum atomic E-state index is -0.331. The Labute approximate surface area is 126 Å². The van der Waals surface area contributed by atoms with Crippen molar-refractivity contribution in [2.75, 3.05) is 7.05 Å². The van der Waals surface area contributed by atoms with Gasteiger partial charge in [0.1, 0.15) is 5.82 Å². The fourth-order valence-electron chi connectivity index (χ4n) is 3.32. The van der Waals surface area contributed by atoms with Gasteiger partial charge in [0.25, 0.3) is 0 Å². The largest absolute Gasteiger partial charge is 0.316 e. The maximum atomic E-state index is 13.2. The van der Waals surface area contributed by atoms with Crippen LogP contribution in [0.25, 0.3) is 0 Å². The number of benzene rings is 1. The summed E-state index contributed by atoms with van der Waals surface area (Å²) in [6, 6.07) is 5.57. The SMILES string of the molecule is CNC(Cc1ccc(F)c(Cl)c1)C1CCCCCCC1. The van der Waals surface area contributed by atoms with E-state index in [0.717, 1.165) is 17.9 Å². The molecule has 2 rings (SSSR count). The Morgan fingerprint density at radius 2 is 1.85 bits per heavy atom. The van der Waals surface area contributed by atoms with E-state index in [1.165, 1.54) is 51.0 Å². The number of rotatable bonds is 4. The van der Waals surface area contributed by atoms with Crippen molar-refractivity contribution < 1.29 is 4.39 Å². The second-order valence-electron chi connectivity index (χ2n) is 5.95. The molecular formula is C17H25ClFN. The van der Waals surface area contributed by atoms with Gasteiger partial charge in [-0.05, 0) is 49.9 Å². The first-order chi connectivity index (χ1) is 9.70. The molecule has 1 aliphatic rings. The molecule has 20 heavy (non-hydrogen) atoms. The standard InChI is InChI=1S/C17H25ClFN/c1-20-17(14-7-5-3-2-4-6-8-14)12-13-9-10-16(19)15(18)11-13/h9-11,14,17,20H,2-8,12H2,1H3.